The lowest BCUT2D eigenvalue weighted by molar-refractivity contribution is -0.196. The summed E-state index contributed by atoms with van der Waals surface area (Å²) in [6, 6.07) is 0. The third-order valence-corrected chi connectivity index (χ3v) is 15.7. The van der Waals surface area contributed by atoms with Gasteiger partial charge in [0.15, 0.2) is 0 Å². The first kappa shape index (κ1) is 28.0. The number of fused-ring (bicyclic) bond motifs is 6. The smallest absolute Gasteiger partial charge is 0.232 e. The van der Waals surface area contributed by atoms with Crippen molar-refractivity contribution in [3.63, 3.8) is 0 Å². The fourth-order valence-electron chi connectivity index (χ4n) is 13.2. The topological polar surface area (TPSA) is 40.5 Å². The third kappa shape index (κ3) is 3.60. The van der Waals surface area contributed by atoms with Crippen molar-refractivity contribution in [3.8, 4) is 0 Å². The fourth-order valence-corrected chi connectivity index (χ4v) is 13.2. The van der Waals surface area contributed by atoms with Gasteiger partial charge in [0.05, 0.1) is 11.5 Å². The number of carbonyl (C=O) groups is 1. The van der Waals surface area contributed by atoms with Crippen LogP contribution in [0.5, 0.6) is 0 Å². The molecule has 1 N–H and O–H groups in total. The molecule has 40 heavy (non-hydrogen) atoms. The molecule has 1 aliphatic heterocycles. The van der Waals surface area contributed by atoms with Crippen LogP contribution >= 0.6 is 0 Å². The average molecular weight is 550 g/mol. The molecule has 0 bridgehead atoms. The predicted molar refractivity (Wildman–Crippen MR) is 163 cm³/mol. The van der Waals surface area contributed by atoms with Gasteiger partial charge in [0.1, 0.15) is 0 Å². The highest BCUT2D eigenvalue weighted by Crippen LogP contribution is 2.76. The van der Waals surface area contributed by atoms with Gasteiger partial charge in [0, 0.05) is 13.1 Å². The highest BCUT2D eigenvalue weighted by atomic mass is 16.3. The van der Waals surface area contributed by atoms with Crippen molar-refractivity contribution in [3.05, 3.63) is 11.1 Å². The van der Waals surface area contributed by atoms with E-state index in [0.29, 0.717) is 28.7 Å². The van der Waals surface area contributed by atoms with Crippen LogP contribution < -0.4 is 0 Å². The molecule has 0 aromatic carbocycles. The molecule has 0 aromatic heterocycles. The van der Waals surface area contributed by atoms with Crippen molar-refractivity contribution in [2.24, 2.45) is 56.2 Å². The van der Waals surface area contributed by atoms with Gasteiger partial charge in [-0.15, -0.1) is 0 Å². The molecule has 3 nitrogen and oxygen atoms in total. The fraction of sp³-hybridized carbons (Fsp3) is 0.919. The lowest BCUT2D eigenvalue weighted by Gasteiger charge is -2.71. The van der Waals surface area contributed by atoms with Crippen molar-refractivity contribution in [1.29, 1.82) is 0 Å². The highest BCUT2D eigenvalue weighted by molar-refractivity contribution is 5.87. The van der Waals surface area contributed by atoms with Crippen molar-refractivity contribution >= 4 is 5.91 Å². The summed E-state index contributed by atoms with van der Waals surface area (Å²) in [5.41, 5.74) is 4.71. The first-order chi connectivity index (χ1) is 18.7. The first-order valence-corrected chi connectivity index (χ1v) is 17.4. The predicted octanol–water partition coefficient (Wildman–Crippen LogP) is 8.55. The van der Waals surface area contributed by atoms with Crippen LogP contribution in [0, 0.1) is 56.2 Å². The maximum Gasteiger partial charge on any atom is 0.232 e. The Morgan fingerprint density at radius 2 is 1.50 bits per heavy atom. The van der Waals surface area contributed by atoms with Crippen LogP contribution in [0.4, 0.5) is 0 Å². The minimum Gasteiger partial charge on any atom is -0.391 e. The average Bonchev–Trinajstić information content (AvgIpc) is 3.62. The Balaban J connectivity index is 1.28. The SMILES string of the molecule is CC1(C)CC[C@]2(C(=O)N3CC[C@@H](O)C3)CC[C@]3(C)C(=C2C1)CC[C@@H]1[C@@]2(C)CC[C@H](C4CC4)C(C)(C)[C@@H]2CC[C@]13C. The van der Waals surface area contributed by atoms with Crippen LogP contribution in [0.2, 0.25) is 0 Å². The number of hydrogen-bond acceptors (Lipinski definition) is 2. The zero-order chi connectivity index (χ0) is 28.5. The van der Waals surface area contributed by atoms with Crippen LogP contribution in [0.3, 0.4) is 0 Å². The van der Waals surface area contributed by atoms with Crippen LogP contribution in [0.15, 0.2) is 11.1 Å². The number of rotatable bonds is 2. The largest absolute Gasteiger partial charge is 0.391 e. The van der Waals surface area contributed by atoms with Crippen molar-refractivity contribution in [2.75, 3.05) is 13.1 Å². The normalized spacial score (nSPS) is 49.5. The lowest BCUT2D eigenvalue weighted by Crippen LogP contribution is -2.64. The Kier molecular flexibility index (Phi) is 6.03. The maximum atomic E-state index is 14.4. The van der Waals surface area contributed by atoms with E-state index in [1.54, 1.807) is 11.1 Å². The number of aliphatic hydroxyl groups is 1. The minimum atomic E-state index is -0.338. The van der Waals surface area contributed by atoms with Gasteiger partial charge in [0.2, 0.25) is 5.91 Å². The van der Waals surface area contributed by atoms with Gasteiger partial charge in [-0.05, 0) is 141 Å². The highest BCUT2D eigenvalue weighted by Gasteiger charge is 2.68. The molecule has 0 unspecified atom stereocenters. The number of amides is 1. The molecular formula is C37H59NO2. The number of nitrogens with zero attached hydrogens (tertiary/aromatic N) is 1. The molecule has 224 valence electrons. The molecule has 0 spiro atoms. The minimum absolute atomic E-state index is 0.207. The van der Waals surface area contributed by atoms with E-state index in [1.807, 2.05) is 4.90 Å². The van der Waals surface area contributed by atoms with E-state index in [2.05, 4.69) is 48.5 Å². The number of likely N-dealkylation sites (tertiary alicyclic amines) is 1. The second-order valence-corrected chi connectivity index (χ2v) is 18.3. The monoisotopic (exact) mass is 549 g/mol. The Labute approximate surface area is 245 Å². The van der Waals surface area contributed by atoms with Gasteiger partial charge < -0.3 is 10.0 Å². The summed E-state index contributed by atoms with van der Waals surface area (Å²) in [6.45, 7) is 19.6. The molecule has 1 saturated heterocycles. The van der Waals surface area contributed by atoms with E-state index in [-0.39, 0.29) is 22.3 Å². The van der Waals surface area contributed by atoms with Crippen LogP contribution in [0.1, 0.15) is 138 Å². The van der Waals surface area contributed by atoms with E-state index >= 15 is 0 Å². The number of β-amino-alcohol motifs (C(OH)–C–C–N with tert-alkyl or cyclic N) is 1. The molecule has 5 saturated carbocycles. The summed E-state index contributed by atoms with van der Waals surface area (Å²) in [5, 5.41) is 10.3. The molecule has 7 rings (SSSR count). The third-order valence-electron chi connectivity index (χ3n) is 15.7. The number of aliphatic hydroxyl groups excluding tert-OH is 1. The number of carbonyl (C=O) groups excluding carboxylic acids is 1. The number of hydrogen-bond donors (Lipinski definition) is 1. The number of allylic oxidation sites excluding steroid dienone is 1. The van der Waals surface area contributed by atoms with Crippen molar-refractivity contribution in [2.45, 2.75) is 144 Å². The molecule has 3 heteroatoms. The first-order valence-electron chi connectivity index (χ1n) is 17.4. The van der Waals surface area contributed by atoms with Gasteiger partial charge in [-0.3, -0.25) is 4.79 Å². The second-order valence-electron chi connectivity index (χ2n) is 18.3. The van der Waals surface area contributed by atoms with Crippen LogP contribution in [0.25, 0.3) is 0 Å². The Hall–Kier alpha value is -0.830. The molecule has 1 heterocycles. The molecule has 6 fully saturated rings. The standard InChI is InChI=1S/C37H59NO2/c1-32(2)17-19-37(31(40)38-21-14-25(39)23-38)20-18-35(6)27(28(37)22-32)10-11-30-34(5)15-12-26(24-8-9-24)33(3,4)29(34)13-16-36(30,35)7/h24-26,29-30,39H,8-23H2,1-7H3/t25-,26-,29+,30-,34+,35-,36-,37+/m1/s1. The molecule has 6 aliphatic carbocycles. The zero-order valence-corrected chi connectivity index (χ0v) is 27.0. The van der Waals surface area contributed by atoms with Gasteiger partial charge in [0.25, 0.3) is 0 Å². The van der Waals surface area contributed by atoms with Crippen molar-refractivity contribution < 1.29 is 9.90 Å². The van der Waals surface area contributed by atoms with E-state index < -0.39 is 0 Å². The maximum absolute atomic E-state index is 14.4. The van der Waals surface area contributed by atoms with Crippen LogP contribution in [-0.2, 0) is 4.79 Å². The molecule has 1 amide bonds. The summed E-state index contributed by atoms with van der Waals surface area (Å²) in [5.74, 6) is 3.98. The Morgan fingerprint density at radius 3 is 2.17 bits per heavy atom. The van der Waals surface area contributed by atoms with E-state index in [4.69, 9.17) is 0 Å². The van der Waals surface area contributed by atoms with E-state index in [9.17, 15) is 9.90 Å². The molecule has 0 aromatic rings. The molecule has 8 atom stereocenters. The summed E-state index contributed by atoms with van der Waals surface area (Å²) < 4.78 is 0. The second kappa shape index (κ2) is 8.63. The molecule has 0 radical (unpaired) electrons. The molecular weight excluding hydrogens is 490 g/mol. The Bertz CT molecular complexity index is 1120. The summed E-state index contributed by atoms with van der Waals surface area (Å²) in [7, 11) is 0. The van der Waals surface area contributed by atoms with E-state index in [1.165, 1.54) is 57.8 Å². The molecule has 7 aliphatic rings. The van der Waals surface area contributed by atoms with Crippen molar-refractivity contribution in [1.82, 2.24) is 4.90 Å². The summed E-state index contributed by atoms with van der Waals surface area (Å²) in [4.78, 5) is 16.5. The Morgan fingerprint density at radius 1 is 0.775 bits per heavy atom. The van der Waals surface area contributed by atoms with Gasteiger partial charge in [-0.2, -0.15) is 0 Å². The summed E-state index contributed by atoms with van der Waals surface area (Å²) in [6.07, 6.45) is 17.0. The van der Waals surface area contributed by atoms with Gasteiger partial charge in [-0.25, -0.2) is 0 Å². The van der Waals surface area contributed by atoms with Gasteiger partial charge >= 0.3 is 0 Å². The van der Waals surface area contributed by atoms with E-state index in [0.717, 1.165) is 62.3 Å². The summed E-state index contributed by atoms with van der Waals surface area (Å²) >= 11 is 0. The van der Waals surface area contributed by atoms with Gasteiger partial charge in [-0.1, -0.05) is 59.6 Å². The van der Waals surface area contributed by atoms with Crippen LogP contribution in [-0.4, -0.2) is 35.1 Å². The zero-order valence-electron chi connectivity index (χ0n) is 27.0. The quantitative estimate of drug-likeness (QED) is 0.351. The lowest BCUT2D eigenvalue weighted by atomic mass is 9.33.